The number of hydrogen-bond acceptors (Lipinski definition) is 3. The minimum atomic E-state index is -0.903. The molecule has 5 nitrogen and oxygen atoms in total. The zero-order chi connectivity index (χ0) is 14.8. The molecule has 0 saturated carbocycles. The molecule has 0 saturated heterocycles. The first-order valence-electron chi connectivity index (χ1n) is 7.09. The molecule has 2 atom stereocenters. The van der Waals surface area contributed by atoms with Crippen LogP contribution in [-0.2, 0) is 9.59 Å². The minimum absolute atomic E-state index is 0.123. The van der Waals surface area contributed by atoms with Crippen molar-refractivity contribution in [3.63, 3.8) is 0 Å². The molecule has 1 N–H and O–H groups in total. The Morgan fingerprint density at radius 3 is 2.62 bits per heavy atom. The smallest absolute Gasteiger partial charge is 0.307 e. The van der Waals surface area contributed by atoms with E-state index in [1.165, 1.54) is 0 Å². The van der Waals surface area contributed by atoms with E-state index in [0.717, 1.165) is 5.69 Å². The Morgan fingerprint density at radius 2 is 1.86 bits per heavy atom. The zero-order valence-corrected chi connectivity index (χ0v) is 11.6. The van der Waals surface area contributed by atoms with E-state index < -0.39 is 17.8 Å². The number of hydrogen-bond donors (Lipinski definition) is 1. The summed E-state index contributed by atoms with van der Waals surface area (Å²) in [7, 11) is 0. The number of allylic oxidation sites excluding steroid dienone is 2. The highest BCUT2D eigenvalue weighted by Gasteiger charge is 2.38. The van der Waals surface area contributed by atoms with Gasteiger partial charge in [0.2, 0.25) is 5.91 Å². The highest BCUT2D eigenvalue weighted by atomic mass is 16.5. The van der Waals surface area contributed by atoms with E-state index >= 15 is 0 Å². The summed E-state index contributed by atoms with van der Waals surface area (Å²) >= 11 is 0. The third-order valence-corrected chi connectivity index (χ3v) is 4.06. The fourth-order valence-electron chi connectivity index (χ4n) is 2.96. The summed E-state index contributed by atoms with van der Waals surface area (Å²) in [5, 5.41) is 9.32. The van der Waals surface area contributed by atoms with Gasteiger partial charge in [0.15, 0.2) is 0 Å². The predicted molar refractivity (Wildman–Crippen MR) is 77.3 cm³/mol. The fourth-order valence-corrected chi connectivity index (χ4v) is 2.96. The molecular formula is C16H17NO4. The first kappa shape index (κ1) is 13.7. The molecule has 1 aliphatic heterocycles. The Balaban J connectivity index is 1.89. The van der Waals surface area contributed by atoms with Gasteiger partial charge in [-0.05, 0) is 25.0 Å². The number of nitrogens with zero attached hydrogens (tertiary/aromatic N) is 1. The van der Waals surface area contributed by atoms with Gasteiger partial charge in [-0.2, -0.15) is 0 Å². The van der Waals surface area contributed by atoms with Gasteiger partial charge in [-0.3, -0.25) is 9.59 Å². The predicted octanol–water partition coefficient (Wildman–Crippen LogP) is 2.08. The van der Waals surface area contributed by atoms with Crippen molar-refractivity contribution in [3.8, 4) is 5.75 Å². The van der Waals surface area contributed by atoms with Gasteiger partial charge < -0.3 is 14.7 Å². The average Bonchev–Trinajstić information content (AvgIpc) is 2.53. The van der Waals surface area contributed by atoms with Crippen molar-refractivity contribution in [1.29, 1.82) is 0 Å². The molecule has 0 spiro atoms. The molecule has 1 aliphatic carbocycles. The molecule has 0 bridgehead atoms. The maximum absolute atomic E-state index is 12.8. The number of benzene rings is 1. The molecule has 1 aromatic carbocycles. The third-order valence-electron chi connectivity index (χ3n) is 4.06. The molecule has 110 valence electrons. The number of carboxylic acids is 1. The number of ether oxygens (including phenoxy) is 1. The van der Waals surface area contributed by atoms with Crippen molar-refractivity contribution in [1.82, 2.24) is 0 Å². The van der Waals surface area contributed by atoms with E-state index in [9.17, 15) is 14.7 Å². The molecule has 1 heterocycles. The quantitative estimate of drug-likeness (QED) is 0.846. The van der Waals surface area contributed by atoms with Gasteiger partial charge in [-0.15, -0.1) is 0 Å². The summed E-state index contributed by atoms with van der Waals surface area (Å²) in [5.41, 5.74) is 0.729. The number of rotatable bonds is 2. The zero-order valence-electron chi connectivity index (χ0n) is 11.6. The van der Waals surface area contributed by atoms with Crippen LogP contribution in [0.25, 0.3) is 0 Å². The lowest BCUT2D eigenvalue weighted by molar-refractivity contribution is -0.146. The topological polar surface area (TPSA) is 66.8 Å². The van der Waals surface area contributed by atoms with Crippen LogP contribution >= 0.6 is 0 Å². The Morgan fingerprint density at radius 1 is 1.14 bits per heavy atom. The second-order valence-corrected chi connectivity index (χ2v) is 5.30. The van der Waals surface area contributed by atoms with Gasteiger partial charge in [0.1, 0.15) is 12.4 Å². The van der Waals surface area contributed by atoms with Crippen molar-refractivity contribution in [2.75, 3.05) is 18.1 Å². The summed E-state index contributed by atoms with van der Waals surface area (Å²) in [6, 6.07) is 7.37. The Labute approximate surface area is 122 Å². The molecule has 1 amide bonds. The molecular weight excluding hydrogens is 270 g/mol. The van der Waals surface area contributed by atoms with E-state index in [2.05, 4.69) is 0 Å². The maximum atomic E-state index is 12.8. The number of amides is 1. The fraction of sp³-hybridized carbons (Fsp3) is 0.375. The van der Waals surface area contributed by atoms with Crippen LogP contribution in [0.5, 0.6) is 5.75 Å². The van der Waals surface area contributed by atoms with Gasteiger partial charge in [0.25, 0.3) is 0 Å². The van der Waals surface area contributed by atoms with E-state index in [4.69, 9.17) is 4.74 Å². The molecule has 0 aromatic heterocycles. The lowest BCUT2D eigenvalue weighted by Crippen LogP contribution is -2.45. The van der Waals surface area contributed by atoms with Crippen molar-refractivity contribution in [3.05, 3.63) is 36.4 Å². The van der Waals surface area contributed by atoms with Crippen molar-refractivity contribution >= 4 is 17.6 Å². The second kappa shape index (κ2) is 5.60. The van der Waals surface area contributed by atoms with Crippen LogP contribution < -0.4 is 9.64 Å². The summed E-state index contributed by atoms with van der Waals surface area (Å²) in [4.78, 5) is 25.8. The van der Waals surface area contributed by atoms with Gasteiger partial charge in [0.05, 0.1) is 24.1 Å². The van der Waals surface area contributed by atoms with Crippen LogP contribution in [0.3, 0.4) is 0 Å². The Hall–Kier alpha value is -2.30. The van der Waals surface area contributed by atoms with Crippen molar-refractivity contribution in [2.24, 2.45) is 11.8 Å². The summed E-state index contributed by atoms with van der Waals surface area (Å²) in [6.45, 7) is 0.894. The van der Waals surface area contributed by atoms with Gasteiger partial charge in [0, 0.05) is 0 Å². The SMILES string of the molecule is O=C(O)[C@H]1CC=CC[C@H]1C(=O)N1CCOc2ccccc21. The molecule has 21 heavy (non-hydrogen) atoms. The number of carboxylic acid groups (broad SMARTS) is 1. The van der Waals surface area contributed by atoms with E-state index in [-0.39, 0.29) is 5.91 Å². The lowest BCUT2D eigenvalue weighted by atomic mass is 9.82. The highest BCUT2D eigenvalue weighted by molar-refractivity contribution is 5.99. The summed E-state index contributed by atoms with van der Waals surface area (Å²) in [6.07, 6.45) is 4.64. The van der Waals surface area contributed by atoms with Gasteiger partial charge in [-0.1, -0.05) is 24.3 Å². The molecule has 0 unspecified atom stereocenters. The minimum Gasteiger partial charge on any atom is -0.490 e. The number of aliphatic carboxylic acids is 1. The first-order valence-corrected chi connectivity index (χ1v) is 7.09. The standard InChI is InChI=1S/C16H17NO4/c18-15(11-5-1-2-6-12(11)16(19)20)17-9-10-21-14-8-4-3-7-13(14)17/h1-4,7-8,11-12H,5-6,9-10H2,(H,19,20)/t11-,12+/m1/s1. The van der Waals surface area contributed by atoms with E-state index in [1.807, 2.05) is 36.4 Å². The van der Waals surface area contributed by atoms with Crippen molar-refractivity contribution in [2.45, 2.75) is 12.8 Å². The van der Waals surface area contributed by atoms with E-state index in [0.29, 0.717) is 31.7 Å². The summed E-state index contributed by atoms with van der Waals surface area (Å²) < 4.78 is 5.54. The molecule has 3 rings (SSSR count). The number of fused-ring (bicyclic) bond motifs is 1. The van der Waals surface area contributed by atoms with Crippen LogP contribution in [0.1, 0.15) is 12.8 Å². The van der Waals surface area contributed by atoms with E-state index in [1.54, 1.807) is 4.90 Å². The number of carbonyl (C=O) groups excluding carboxylic acids is 1. The van der Waals surface area contributed by atoms with Crippen LogP contribution in [0, 0.1) is 11.8 Å². The molecule has 2 aliphatic rings. The Bertz CT molecular complexity index is 596. The largest absolute Gasteiger partial charge is 0.490 e. The normalized spacial score (nSPS) is 24.1. The maximum Gasteiger partial charge on any atom is 0.307 e. The van der Waals surface area contributed by atoms with Crippen LogP contribution in [0.2, 0.25) is 0 Å². The molecule has 5 heteroatoms. The summed E-state index contributed by atoms with van der Waals surface area (Å²) in [5.74, 6) is -1.49. The van der Waals surface area contributed by atoms with Gasteiger partial charge >= 0.3 is 5.97 Å². The first-order chi connectivity index (χ1) is 10.2. The average molecular weight is 287 g/mol. The second-order valence-electron chi connectivity index (χ2n) is 5.30. The molecule has 0 radical (unpaired) electrons. The highest BCUT2D eigenvalue weighted by Crippen LogP contribution is 2.35. The third kappa shape index (κ3) is 2.51. The molecule has 1 aromatic rings. The number of anilines is 1. The number of carbonyl (C=O) groups is 2. The van der Waals surface area contributed by atoms with Gasteiger partial charge in [-0.25, -0.2) is 0 Å². The van der Waals surface area contributed by atoms with Crippen molar-refractivity contribution < 1.29 is 19.4 Å². The monoisotopic (exact) mass is 287 g/mol. The Kier molecular flexibility index (Phi) is 3.64. The van der Waals surface area contributed by atoms with Crippen LogP contribution in [-0.4, -0.2) is 30.1 Å². The molecule has 0 fully saturated rings. The van der Waals surface area contributed by atoms with Crippen LogP contribution in [0.15, 0.2) is 36.4 Å². The lowest BCUT2D eigenvalue weighted by Gasteiger charge is -2.34. The van der Waals surface area contributed by atoms with Crippen LogP contribution in [0.4, 0.5) is 5.69 Å². The number of para-hydroxylation sites is 2.